The van der Waals surface area contributed by atoms with Crippen molar-refractivity contribution in [3.05, 3.63) is 35.6 Å². The number of hydrogen-bond donors (Lipinski definition) is 1. The normalized spacial score (nSPS) is 20.1. The van der Waals surface area contributed by atoms with Crippen LogP contribution in [0.5, 0.6) is 0 Å². The fraction of sp³-hybridized carbons (Fsp3) is 0.571. The Morgan fingerprint density at radius 2 is 2.12 bits per heavy atom. The van der Waals surface area contributed by atoms with Crippen LogP contribution in [0.1, 0.15) is 37.8 Å². The molecule has 17 heavy (non-hydrogen) atoms. The summed E-state index contributed by atoms with van der Waals surface area (Å²) in [4.78, 5) is 2.31. The molecule has 1 aliphatic rings. The highest BCUT2D eigenvalue weighted by atomic mass is 19.1. The highest BCUT2D eigenvalue weighted by molar-refractivity contribution is 5.22. The summed E-state index contributed by atoms with van der Waals surface area (Å²) in [5.41, 5.74) is 7.05. The van der Waals surface area contributed by atoms with E-state index in [0.717, 1.165) is 5.56 Å². The molecule has 0 heterocycles. The molecule has 0 aromatic heterocycles. The largest absolute Gasteiger partial charge is 0.326 e. The number of rotatable bonds is 4. The lowest BCUT2D eigenvalue weighted by molar-refractivity contribution is 0.0978. The maximum atomic E-state index is 13.3. The Balaban J connectivity index is 2.21. The summed E-state index contributed by atoms with van der Waals surface area (Å²) < 4.78 is 13.3. The third kappa shape index (κ3) is 2.67. The van der Waals surface area contributed by atoms with Crippen LogP contribution >= 0.6 is 0 Å². The number of hydrogen-bond acceptors (Lipinski definition) is 2. The molecule has 0 aliphatic heterocycles. The van der Waals surface area contributed by atoms with E-state index in [0.29, 0.717) is 6.04 Å². The highest BCUT2D eigenvalue weighted by Crippen LogP contribution is 2.32. The standard InChI is InChI=1S/C14H21FN2/c1-10(16)14(17(2)13-7-4-8-13)11-5-3-6-12(15)9-11/h3,5-6,9-10,13-14H,4,7-8,16H2,1-2H3. The van der Waals surface area contributed by atoms with E-state index in [1.807, 2.05) is 13.0 Å². The van der Waals surface area contributed by atoms with Gasteiger partial charge in [0.25, 0.3) is 0 Å². The van der Waals surface area contributed by atoms with Gasteiger partial charge in [-0.3, -0.25) is 4.90 Å². The van der Waals surface area contributed by atoms with E-state index < -0.39 is 0 Å². The van der Waals surface area contributed by atoms with Crippen LogP contribution in [-0.2, 0) is 0 Å². The van der Waals surface area contributed by atoms with Crippen LogP contribution in [-0.4, -0.2) is 24.0 Å². The number of nitrogens with zero attached hydrogens (tertiary/aromatic N) is 1. The Labute approximate surface area is 103 Å². The molecule has 1 aromatic rings. The molecular weight excluding hydrogens is 215 g/mol. The molecule has 0 radical (unpaired) electrons. The van der Waals surface area contributed by atoms with Crippen LogP contribution in [0.4, 0.5) is 4.39 Å². The fourth-order valence-corrected chi connectivity index (χ4v) is 2.62. The van der Waals surface area contributed by atoms with Gasteiger partial charge in [-0.25, -0.2) is 4.39 Å². The van der Waals surface area contributed by atoms with Crippen LogP contribution in [0, 0.1) is 5.82 Å². The summed E-state index contributed by atoms with van der Waals surface area (Å²) in [6.45, 7) is 1.99. The Kier molecular flexibility index (Phi) is 3.79. The molecule has 1 aliphatic carbocycles. The van der Waals surface area contributed by atoms with Gasteiger partial charge in [-0.05, 0) is 44.5 Å². The Morgan fingerprint density at radius 3 is 2.59 bits per heavy atom. The van der Waals surface area contributed by atoms with Gasteiger partial charge >= 0.3 is 0 Å². The molecule has 1 fully saturated rings. The summed E-state index contributed by atoms with van der Waals surface area (Å²) in [6.07, 6.45) is 3.76. The highest BCUT2D eigenvalue weighted by Gasteiger charge is 2.30. The minimum absolute atomic E-state index is 0.00222. The van der Waals surface area contributed by atoms with Gasteiger partial charge in [0.2, 0.25) is 0 Å². The van der Waals surface area contributed by atoms with Crippen LogP contribution in [0.3, 0.4) is 0 Å². The van der Waals surface area contributed by atoms with Gasteiger partial charge in [-0.15, -0.1) is 0 Å². The van der Waals surface area contributed by atoms with Crippen molar-refractivity contribution in [3.63, 3.8) is 0 Å². The number of benzene rings is 1. The van der Waals surface area contributed by atoms with E-state index in [4.69, 9.17) is 5.73 Å². The van der Waals surface area contributed by atoms with Crippen molar-refractivity contribution < 1.29 is 4.39 Å². The number of nitrogens with two attached hydrogens (primary N) is 1. The van der Waals surface area contributed by atoms with Crippen molar-refractivity contribution in [2.75, 3.05) is 7.05 Å². The maximum absolute atomic E-state index is 13.3. The first kappa shape index (κ1) is 12.5. The lowest BCUT2D eigenvalue weighted by Crippen LogP contribution is -2.45. The first-order chi connectivity index (χ1) is 8.09. The molecule has 0 bridgehead atoms. The second-order valence-electron chi connectivity index (χ2n) is 5.11. The minimum atomic E-state index is -0.185. The average molecular weight is 236 g/mol. The molecular formula is C14H21FN2. The van der Waals surface area contributed by atoms with Crippen LogP contribution in [0.2, 0.25) is 0 Å². The Bertz CT molecular complexity index is 374. The molecule has 0 amide bonds. The van der Waals surface area contributed by atoms with E-state index in [2.05, 4.69) is 11.9 Å². The lowest BCUT2D eigenvalue weighted by Gasteiger charge is -2.41. The summed E-state index contributed by atoms with van der Waals surface area (Å²) in [5, 5.41) is 0. The summed E-state index contributed by atoms with van der Waals surface area (Å²) >= 11 is 0. The van der Waals surface area contributed by atoms with E-state index in [9.17, 15) is 4.39 Å². The zero-order valence-electron chi connectivity index (χ0n) is 10.6. The Morgan fingerprint density at radius 1 is 1.41 bits per heavy atom. The van der Waals surface area contributed by atoms with E-state index >= 15 is 0 Å². The second kappa shape index (κ2) is 5.15. The summed E-state index contributed by atoms with van der Waals surface area (Å²) in [7, 11) is 2.10. The topological polar surface area (TPSA) is 29.3 Å². The molecule has 1 saturated carbocycles. The first-order valence-electron chi connectivity index (χ1n) is 6.32. The van der Waals surface area contributed by atoms with Gasteiger partial charge in [0.1, 0.15) is 5.82 Å². The Hall–Kier alpha value is -0.930. The zero-order chi connectivity index (χ0) is 12.4. The second-order valence-corrected chi connectivity index (χ2v) is 5.11. The molecule has 94 valence electrons. The molecule has 1 aromatic carbocycles. The van der Waals surface area contributed by atoms with Gasteiger partial charge in [0, 0.05) is 18.1 Å². The monoisotopic (exact) mass is 236 g/mol. The van der Waals surface area contributed by atoms with Gasteiger partial charge in [0.15, 0.2) is 0 Å². The van der Waals surface area contributed by atoms with Crippen molar-refractivity contribution in [3.8, 4) is 0 Å². The van der Waals surface area contributed by atoms with Crippen molar-refractivity contribution >= 4 is 0 Å². The van der Waals surface area contributed by atoms with Crippen molar-refractivity contribution in [1.29, 1.82) is 0 Å². The average Bonchev–Trinajstić information content (AvgIpc) is 2.14. The number of likely N-dealkylation sites (N-methyl/N-ethyl adjacent to an activating group) is 1. The molecule has 2 unspecified atom stereocenters. The van der Waals surface area contributed by atoms with Crippen LogP contribution in [0.25, 0.3) is 0 Å². The van der Waals surface area contributed by atoms with E-state index in [1.54, 1.807) is 12.1 Å². The molecule has 0 spiro atoms. The fourth-order valence-electron chi connectivity index (χ4n) is 2.62. The third-order valence-electron chi connectivity index (χ3n) is 3.78. The van der Waals surface area contributed by atoms with Gasteiger partial charge in [-0.2, -0.15) is 0 Å². The van der Waals surface area contributed by atoms with Crippen molar-refractivity contribution in [2.45, 2.75) is 44.3 Å². The third-order valence-corrected chi connectivity index (χ3v) is 3.78. The predicted octanol–water partition coefficient (Wildman–Crippen LogP) is 2.70. The smallest absolute Gasteiger partial charge is 0.123 e. The van der Waals surface area contributed by atoms with E-state index in [-0.39, 0.29) is 17.9 Å². The number of halogens is 1. The minimum Gasteiger partial charge on any atom is -0.326 e. The van der Waals surface area contributed by atoms with Gasteiger partial charge < -0.3 is 5.73 Å². The maximum Gasteiger partial charge on any atom is 0.123 e. The molecule has 2 nitrogen and oxygen atoms in total. The molecule has 3 heteroatoms. The van der Waals surface area contributed by atoms with Crippen molar-refractivity contribution in [2.24, 2.45) is 5.73 Å². The summed E-state index contributed by atoms with van der Waals surface area (Å²) in [5.74, 6) is -0.185. The molecule has 0 saturated heterocycles. The van der Waals surface area contributed by atoms with E-state index in [1.165, 1.54) is 25.3 Å². The SMILES string of the molecule is CC(N)C(c1cccc(F)c1)N(C)C1CCC1. The summed E-state index contributed by atoms with van der Waals surface area (Å²) in [6, 6.07) is 7.52. The lowest BCUT2D eigenvalue weighted by atomic mass is 9.88. The van der Waals surface area contributed by atoms with Crippen molar-refractivity contribution in [1.82, 2.24) is 4.90 Å². The van der Waals surface area contributed by atoms with Crippen LogP contribution < -0.4 is 5.73 Å². The molecule has 2 N–H and O–H groups in total. The zero-order valence-corrected chi connectivity index (χ0v) is 10.6. The molecule has 2 atom stereocenters. The molecule has 2 rings (SSSR count). The first-order valence-corrected chi connectivity index (χ1v) is 6.32. The van der Waals surface area contributed by atoms with Crippen LogP contribution in [0.15, 0.2) is 24.3 Å². The van der Waals surface area contributed by atoms with Gasteiger partial charge in [-0.1, -0.05) is 18.6 Å². The quantitative estimate of drug-likeness (QED) is 0.871. The predicted molar refractivity (Wildman–Crippen MR) is 68.2 cm³/mol. The van der Waals surface area contributed by atoms with Gasteiger partial charge in [0.05, 0.1) is 0 Å².